The molecule has 2 aromatic rings. The average Bonchev–Trinajstić information content (AvgIpc) is 2.49. The molecule has 0 fully saturated rings. The molecular weight excluding hydrogens is 289 g/mol. The van der Waals surface area contributed by atoms with Crippen molar-refractivity contribution in [2.24, 2.45) is 4.99 Å². The molecule has 0 aliphatic heterocycles. The molecular formula is C17H16NNaO3. The van der Waals surface area contributed by atoms with Gasteiger partial charge in [0.05, 0.1) is 5.71 Å². The monoisotopic (exact) mass is 305 g/mol. The first-order chi connectivity index (χ1) is 10.2. The van der Waals surface area contributed by atoms with Crippen LogP contribution in [0.4, 0.5) is 0 Å². The first-order valence-corrected chi connectivity index (χ1v) is 6.76. The Kier molecular flexibility index (Phi) is 7.88. The number of aliphatic carboxylic acids is 1. The number of rotatable bonds is 6. The Labute approximate surface area is 151 Å². The van der Waals surface area contributed by atoms with E-state index in [1.165, 1.54) is 0 Å². The van der Waals surface area contributed by atoms with Gasteiger partial charge in [0.1, 0.15) is 5.75 Å². The number of carbonyl (C=O) groups excluding carboxylic acids is 1. The number of phenolic OH excluding ortho intramolecular Hbond substituents is 1. The summed E-state index contributed by atoms with van der Waals surface area (Å²) in [6, 6.07) is 16.5. The van der Waals surface area contributed by atoms with Crippen molar-refractivity contribution in [1.29, 1.82) is 0 Å². The molecule has 0 radical (unpaired) electrons. The first-order valence-electron chi connectivity index (χ1n) is 6.76. The van der Waals surface area contributed by atoms with Crippen LogP contribution in [0.3, 0.4) is 0 Å². The van der Waals surface area contributed by atoms with Gasteiger partial charge in [-0.1, -0.05) is 42.5 Å². The van der Waals surface area contributed by atoms with Gasteiger partial charge in [-0.2, -0.15) is 0 Å². The van der Waals surface area contributed by atoms with Crippen molar-refractivity contribution >= 4 is 11.7 Å². The van der Waals surface area contributed by atoms with Crippen LogP contribution >= 0.6 is 0 Å². The Hall–Kier alpha value is -1.62. The molecule has 0 atom stereocenters. The maximum Gasteiger partial charge on any atom is 1.00 e. The van der Waals surface area contributed by atoms with Gasteiger partial charge in [0.25, 0.3) is 0 Å². The van der Waals surface area contributed by atoms with Crippen molar-refractivity contribution in [3.63, 3.8) is 0 Å². The number of carboxylic acids is 1. The van der Waals surface area contributed by atoms with Gasteiger partial charge in [-0.3, -0.25) is 4.99 Å². The van der Waals surface area contributed by atoms with Crippen LogP contribution in [0.2, 0.25) is 0 Å². The van der Waals surface area contributed by atoms with Crippen LogP contribution in [0.5, 0.6) is 5.75 Å². The summed E-state index contributed by atoms with van der Waals surface area (Å²) in [5.74, 6) is -0.922. The van der Waals surface area contributed by atoms with Crippen molar-refractivity contribution in [3.8, 4) is 5.75 Å². The van der Waals surface area contributed by atoms with E-state index in [4.69, 9.17) is 0 Å². The number of hydrogen-bond donors (Lipinski definition) is 1. The third kappa shape index (κ3) is 5.30. The molecule has 0 saturated carbocycles. The van der Waals surface area contributed by atoms with E-state index in [0.717, 1.165) is 5.56 Å². The normalized spacial score (nSPS) is 10.8. The van der Waals surface area contributed by atoms with Crippen LogP contribution in [0.15, 0.2) is 59.6 Å². The number of hydrogen-bond acceptors (Lipinski definition) is 4. The number of para-hydroxylation sites is 1. The van der Waals surface area contributed by atoms with E-state index in [0.29, 0.717) is 24.2 Å². The molecule has 108 valence electrons. The Morgan fingerprint density at radius 3 is 2.32 bits per heavy atom. The molecule has 5 heteroatoms. The quantitative estimate of drug-likeness (QED) is 0.412. The molecule has 0 amide bonds. The molecule has 0 unspecified atom stereocenters. The fourth-order valence-corrected chi connectivity index (χ4v) is 2.02. The van der Waals surface area contributed by atoms with E-state index in [1.807, 2.05) is 36.4 Å². The zero-order chi connectivity index (χ0) is 15.1. The largest absolute Gasteiger partial charge is 1.00 e. The van der Waals surface area contributed by atoms with Crippen LogP contribution in [-0.2, 0) is 4.79 Å². The summed E-state index contributed by atoms with van der Waals surface area (Å²) < 4.78 is 0. The van der Waals surface area contributed by atoms with Gasteiger partial charge in [0.15, 0.2) is 0 Å². The number of carbonyl (C=O) groups is 1. The summed E-state index contributed by atoms with van der Waals surface area (Å²) in [5.41, 5.74) is 2.18. The van der Waals surface area contributed by atoms with Crippen molar-refractivity contribution in [2.75, 3.05) is 6.54 Å². The average molecular weight is 305 g/mol. The van der Waals surface area contributed by atoms with E-state index in [1.54, 1.807) is 18.2 Å². The van der Waals surface area contributed by atoms with E-state index >= 15 is 0 Å². The summed E-state index contributed by atoms with van der Waals surface area (Å²) in [4.78, 5) is 14.9. The van der Waals surface area contributed by atoms with Crippen molar-refractivity contribution < 1.29 is 44.6 Å². The zero-order valence-electron chi connectivity index (χ0n) is 12.5. The summed E-state index contributed by atoms with van der Waals surface area (Å²) in [6.07, 6.45) is 0.388. The summed E-state index contributed by atoms with van der Waals surface area (Å²) in [6.45, 7) is 0.368. The third-order valence-corrected chi connectivity index (χ3v) is 3.02. The first kappa shape index (κ1) is 18.4. The molecule has 1 N–H and O–H groups in total. The predicted octanol–water partition coefficient (Wildman–Crippen LogP) is -1.24. The van der Waals surface area contributed by atoms with Gasteiger partial charge in [0.2, 0.25) is 0 Å². The van der Waals surface area contributed by atoms with Gasteiger partial charge in [0, 0.05) is 23.6 Å². The molecule has 4 nitrogen and oxygen atoms in total. The van der Waals surface area contributed by atoms with Gasteiger partial charge in [-0.25, -0.2) is 0 Å². The second-order valence-corrected chi connectivity index (χ2v) is 4.59. The van der Waals surface area contributed by atoms with Gasteiger partial charge < -0.3 is 15.0 Å². The molecule has 22 heavy (non-hydrogen) atoms. The van der Waals surface area contributed by atoms with E-state index in [9.17, 15) is 15.0 Å². The van der Waals surface area contributed by atoms with Crippen molar-refractivity contribution in [1.82, 2.24) is 0 Å². The van der Waals surface area contributed by atoms with E-state index < -0.39 is 5.97 Å². The Bertz CT molecular complexity index is 641. The minimum Gasteiger partial charge on any atom is -0.550 e. The van der Waals surface area contributed by atoms with Gasteiger partial charge >= 0.3 is 29.6 Å². The van der Waals surface area contributed by atoms with Crippen LogP contribution in [-0.4, -0.2) is 23.3 Å². The zero-order valence-corrected chi connectivity index (χ0v) is 14.5. The number of aliphatic imine (C=N–C) groups is 1. The molecule has 0 spiro atoms. The molecule has 0 saturated heterocycles. The molecule has 2 rings (SSSR count). The maximum absolute atomic E-state index is 10.4. The Morgan fingerprint density at radius 2 is 1.68 bits per heavy atom. The Morgan fingerprint density at radius 1 is 1.05 bits per heavy atom. The topological polar surface area (TPSA) is 72.7 Å². The fourth-order valence-electron chi connectivity index (χ4n) is 2.02. The van der Waals surface area contributed by atoms with Crippen LogP contribution in [0.25, 0.3) is 0 Å². The number of benzene rings is 2. The minimum atomic E-state index is -1.07. The van der Waals surface area contributed by atoms with Crippen LogP contribution < -0.4 is 34.7 Å². The van der Waals surface area contributed by atoms with E-state index in [2.05, 4.69) is 4.99 Å². The third-order valence-electron chi connectivity index (χ3n) is 3.02. The van der Waals surface area contributed by atoms with Crippen LogP contribution in [0, 0.1) is 0 Å². The summed E-state index contributed by atoms with van der Waals surface area (Å²) >= 11 is 0. The molecule has 0 aliphatic carbocycles. The summed E-state index contributed by atoms with van der Waals surface area (Å²) in [5, 5.41) is 20.4. The van der Waals surface area contributed by atoms with Crippen LogP contribution in [0.1, 0.15) is 24.0 Å². The van der Waals surface area contributed by atoms with Crippen molar-refractivity contribution in [2.45, 2.75) is 12.8 Å². The number of aromatic hydroxyl groups is 1. The second-order valence-electron chi connectivity index (χ2n) is 4.59. The Balaban J connectivity index is 0.00000242. The molecule has 0 aromatic heterocycles. The summed E-state index contributed by atoms with van der Waals surface area (Å²) in [7, 11) is 0. The fraction of sp³-hybridized carbons (Fsp3) is 0.176. The molecule has 2 aromatic carbocycles. The van der Waals surface area contributed by atoms with Gasteiger partial charge in [-0.15, -0.1) is 0 Å². The number of carboxylic acid groups (broad SMARTS) is 1. The van der Waals surface area contributed by atoms with E-state index in [-0.39, 0.29) is 41.7 Å². The molecule has 0 bridgehead atoms. The second kappa shape index (κ2) is 9.41. The predicted molar refractivity (Wildman–Crippen MR) is 79.3 cm³/mol. The SMILES string of the molecule is O=C([O-])CCCN=C(c1ccccc1)c1ccccc1O.[Na+]. The van der Waals surface area contributed by atoms with Crippen molar-refractivity contribution in [3.05, 3.63) is 65.7 Å². The molecule has 0 aliphatic rings. The molecule has 0 heterocycles. The number of nitrogens with zero attached hydrogens (tertiary/aromatic N) is 1. The number of phenols is 1. The van der Waals surface area contributed by atoms with Gasteiger partial charge in [-0.05, 0) is 25.0 Å². The minimum absolute atomic E-state index is 0. The standard InChI is InChI=1S/C17H17NO3.Na/c19-15-10-5-4-9-14(15)17(13-7-2-1-3-8-13)18-12-6-11-16(20)21;/h1-5,7-10,19H,6,11-12H2,(H,20,21);/q;+1/p-1. The maximum atomic E-state index is 10.4. The smallest absolute Gasteiger partial charge is 0.550 e.